The van der Waals surface area contributed by atoms with Crippen molar-refractivity contribution in [3.63, 3.8) is 0 Å². The minimum atomic E-state index is -3.41. The van der Waals surface area contributed by atoms with Gasteiger partial charge >= 0.3 is 0 Å². The van der Waals surface area contributed by atoms with Crippen LogP contribution in [0.5, 0.6) is 5.75 Å². The molecule has 0 bridgehead atoms. The van der Waals surface area contributed by atoms with Gasteiger partial charge in [-0.15, -0.1) is 0 Å². The molecule has 0 saturated carbocycles. The lowest BCUT2D eigenvalue weighted by molar-refractivity contribution is -0.121. The fourth-order valence-corrected chi connectivity index (χ4v) is 3.54. The van der Waals surface area contributed by atoms with Gasteiger partial charge in [0.2, 0.25) is 15.9 Å². The van der Waals surface area contributed by atoms with E-state index in [4.69, 9.17) is 4.74 Å². The minimum Gasteiger partial charge on any atom is -0.494 e. The van der Waals surface area contributed by atoms with Gasteiger partial charge in [-0.3, -0.25) is 9.59 Å². The Morgan fingerprint density at radius 1 is 0.966 bits per heavy atom. The summed E-state index contributed by atoms with van der Waals surface area (Å²) < 4.78 is 31.2. The fourth-order valence-electron chi connectivity index (χ4n) is 2.70. The summed E-state index contributed by atoms with van der Waals surface area (Å²) in [5, 5.41) is 2.75. The van der Waals surface area contributed by atoms with E-state index >= 15 is 0 Å². The molecule has 0 heterocycles. The zero-order valence-corrected chi connectivity index (χ0v) is 17.4. The maximum atomic E-state index is 12.2. The number of ketones is 1. The molecular formula is C21H26N2O5S. The van der Waals surface area contributed by atoms with E-state index in [1.165, 1.54) is 7.05 Å². The molecule has 0 radical (unpaired) electrons. The van der Waals surface area contributed by atoms with Crippen LogP contribution in [0.1, 0.15) is 41.3 Å². The lowest BCUT2D eigenvalue weighted by atomic mass is 10.1. The van der Waals surface area contributed by atoms with E-state index in [-0.39, 0.29) is 36.8 Å². The van der Waals surface area contributed by atoms with Gasteiger partial charge in [-0.1, -0.05) is 24.3 Å². The number of nitrogens with one attached hydrogen (secondary N) is 2. The van der Waals surface area contributed by atoms with Gasteiger partial charge in [0.05, 0.1) is 12.4 Å². The van der Waals surface area contributed by atoms with Crippen LogP contribution in [-0.2, 0) is 27.1 Å². The van der Waals surface area contributed by atoms with Crippen LogP contribution in [-0.4, -0.2) is 33.8 Å². The molecular weight excluding hydrogens is 392 g/mol. The summed E-state index contributed by atoms with van der Waals surface area (Å²) in [4.78, 5) is 24.4. The van der Waals surface area contributed by atoms with Crippen LogP contribution in [0.2, 0.25) is 0 Å². The van der Waals surface area contributed by atoms with Crippen molar-refractivity contribution in [2.24, 2.45) is 0 Å². The van der Waals surface area contributed by atoms with Crippen LogP contribution in [0.15, 0.2) is 48.5 Å². The highest BCUT2D eigenvalue weighted by Crippen LogP contribution is 2.15. The smallest absolute Gasteiger partial charge is 0.220 e. The summed E-state index contributed by atoms with van der Waals surface area (Å²) in [7, 11) is -2.05. The molecule has 2 rings (SSSR count). The highest BCUT2D eigenvalue weighted by atomic mass is 32.2. The van der Waals surface area contributed by atoms with Crippen LogP contribution >= 0.6 is 0 Å². The SMILES string of the molecule is CCOc1ccc(C(=O)CCC(=O)NCc2ccccc2CS(=O)(=O)NC)cc1. The van der Waals surface area contributed by atoms with Gasteiger partial charge in [0.1, 0.15) is 5.75 Å². The van der Waals surface area contributed by atoms with E-state index in [1.807, 2.05) is 6.92 Å². The molecule has 2 aromatic carbocycles. The third-order valence-corrected chi connectivity index (χ3v) is 5.63. The highest BCUT2D eigenvalue weighted by Gasteiger charge is 2.13. The standard InChI is InChI=1S/C21H26N2O5S/c1-3-28-19-10-8-16(9-11-19)20(24)12-13-21(25)23-14-17-6-4-5-7-18(17)15-29(26,27)22-2/h4-11,22H,3,12-15H2,1-2H3,(H,23,25). The summed E-state index contributed by atoms with van der Waals surface area (Å²) in [5.74, 6) is 0.145. The van der Waals surface area contributed by atoms with Gasteiger partial charge in [0.15, 0.2) is 5.78 Å². The summed E-state index contributed by atoms with van der Waals surface area (Å²) in [6, 6.07) is 13.8. The predicted octanol–water partition coefficient (Wildman–Crippen LogP) is 2.41. The lowest BCUT2D eigenvalue weighted by Gasteiger charge is -2.11. The van der Waals surface area contributed by atoms with E-state index < -0.39 is 10.0 Å². The van der Waals surface area contributed by atoms with E-state index in [0.717, 1.165) is 5.56 Å². The Bertz CT molecular complexity index is 940. The Labute approximate surface area is 171 Å². The second-order valence-electron chi connectivity index (χ2n) is 6.39. The van der Waals surface area contributed by atoms with Crippen molar-refractivity contribution in [2.75, 3.05) is 13.7 Å². The van der Waals surface area contributed by atoms with Gasteiger partial charge in [-0.25, -0.2) is 13.1 Å². The summed E-state index contributed by atoms with van der Waals surface area (Å²) in [6.45, 7) is 2.64. The average Bonchev–Trinajstić information content (AvgIpc) is 2.72. The van der Waals surface area contributed by atoms with Crippen LogP contribution in [0, 0.1) is 0 Å². The Kier molecular flexibility index (Phi) is 8.35. The Morgan fingerprint density at radius 2 is 1.62 bits per heavy atom. The summed E-state index contributed by atoms with van der Waals surface area (Å²) in [6.07, 6.45) is 0.151. The van der Waals surface area contributed by atoms with Gasteiger partial charge in [0.25, 0.3) is 0 Å². The molecule has 2 aromatic rings. The number of hydrogen-bond acceptors (Lipinski definition) is 5. The van der Waals surface area contributed by atoms with Crippen molar-refractivity contribution in [3.05, 3.63) is 65.2 Å². The average molecular weight is 419 g/mol. The lowest BCUT2D eigenvalue weighted by Crippen LogP contribution is -2.25. The monoisotopic (exact) mass is 418 g/mol. The molecule has 2 N–H and O–H groups in total. The molecule has 8 heteroatoms. The first-order valence-corrected chi connectivity index (χ1v) is 11.0. The number of ether oxygens (including phenoxy) is 1. The Balaban J connectivity index is 1.86. The number of carbonyl (C=O) groups excluding carboxylic acids is 2. The first kappa shape index (κ1) is 22.6. The first-order chi connectivity index (χ1) is 13.8. The van der Waals surface area contributed by atoms with Gasteiger partial charge in [0, 0.05) is 24.9 Å². The van der Waals surface area contributed by atoms with E-state index in [0.29, 0.717) is 23.5 Å². The zero-order valence-electron chi connectivity index (χ0n) is 16.6. The number of carbonyl (C=O) groups is 2. The molecule has 0 aliphatic heterocycles. The molecule has 29 heavy (non-hydrogen) atoms. The Morgan fingerprint density at radius 3 is 2.24 bits per heavy atom. The van der Waals surface area contributed by atoms with E-state index in [9.17, 15) is 18.0 Å². The third kappa shape index (κ3) is 7.32. The quantitative estimate of drug-likeness (QED) is 0.546. The number of sulfonamides is 1. The molecule has 7 nitrogen and oxygen atoms in total. The third-order valence-electron chi connectivity index (χ3n) is 4.32. The predicted molar refractivity (Wildman–Crippen MR) is 111 cm³/mol. The molecule has 1 amide bonds. The van der Waals surface area contributed by atoms with E-state index in [1.54, 1.807) is 48.5 Å². The summed E-state index contributed by atoms with van der Waals surface area (Å²) >= 11 is 0. The molecule has 0 aliphatic carbocycles. The van der Waals surface area contributed by atoms with Crippen LogP contribution in [0.4, 0.5) is 0 Å². The molecule has 0 fully saturated rings. The Hall–Kier alpha value is -2.71. The molecule has 0 aromatic heterocycles. The number of amides is 1. The molecule has 0 saturated heterocycles. The second-order valence-corrected chi connectivity index (χ2v) is 8.32. The number of hydrogen-bond donors (Lipinski definition) is 2. The molecule has 0 unspecified atom stereocenters. The summed E-state index contributed by atoms with van der Waals surface area (Å²) in [5.41, 5.74) is 1.87. The van der Waals surface area contributed by atoms with Crippen molar-refractivity contribution in [1.82, 2.24) is 10.0 Å². The van der Waals surface area contributed by atoms with Crippen molar-refractivity contribution < 1.29 is 22.7 Å². The van der Waals surface area contributed by atoms with Crippen molar-refractivity contribution in [2.45, 2.75) is 32.1 Å². The maximum absolute atomic E-state index is 12.2. The van der Waals surface area contributed by atoms with Gasteiger partial charge in [-0.05, 0) is 49.4 Å². The van der Waals surface area contributed by atoms with Gasteiger partial charge in [-0.2, -0.15) is 0 Å². The number of rotatable bonds is 11. The normalized spacial score (nSPS) is 11.1. The maximum Gasteiger partial charge on any atom is 0.220 e. The number of benzene rings is 2. The minimum absolute atomic E-state index is 0.0586. The van der Waals surface area contributed by atoms with Crippen LogP contribution in [0.3, 0.4) is 0 Å². The largest absolute Gasteiger partial charge is 0.494 e. The molecule has 0 spiro atoms. The molecule has 0 aliphatic rings. The second kappa shape index (κ2) is 10.7. The van der Waals surface area contributed by atoms with Crippen LogP contribution in [0.25, 0.3) is 0 Å². The van der Waals surface area contributed by atoms with Crippen molar-refractivity contribution >= 4 is 21.7 Å². The van der Waals surface area contributed by atoms with Crippen LogP contribution < -0.4 is 14.8 Å². The molecule has 0 atom stereocenters. The van der Waals surface area contributed by atoms with E-state index in [2.05, 4.69) is 10.0 Å². The highest BCUT2D eigenvalue weighted by molar-refractivity contribution is 7.88. The molecule has 156 valence electrons. The zero-order chi connectivity index (χ0) is 21.3. The number of Topliss-reactive ketones (excluding diaryl/α,β-unsaturated/α-hetero) is 1. The fraction of sp³-hybridized carbons (Fsp3) is 0.333. The van der Waals surface area contributed by atoms with Gasteiger partial charge < -0.3 is 10.1 Å². The topological polar surface area (TPSA) is 102 Å². The van der Waals surface area contributed by atoms with Crippen molar-refractivity contribution in [3.8, 4) is 5.75 Å². The first-order valence-electron chi connectivity index (χ1n) is 9.35. The van der Waals surface area contributed by atoms with Crippen molar-refractivity contribution in [1.29, 1.82) is 0 Å².